The second kappa shape index (κ2) is 19.8. The van der Waals surface area contributed by atoms with E-state index in [9.17, 15) is 0 Å². The molecule has 0 aromatic heterocycles. The van der Waals surface area contributed by atoms with Crippen LogP contribution in [0.15, 0.2) is 54.6 Å². The van der Waals surface area contributed by atoms with Crippen molar-refractivity contribution >= 4 is 31.8 Å². The van der Waals surface area contributed by atoms with Crippen LogP contribution in [0.1, 0.15) is 71.4 Å². The number of ether oxygens (including phenoxy) is 5. The second-order valence-corrected chi connectivity index (χ2v) is 21.6. The molecule has 0 aliphatic carbocycles. The Morgan fingerprint density at radius 1 is 0.826 bits per heavy atom. The maximum Gasteiger partial charge on any atom is 0.191 e. The quantitative estimate of drug-likeness (QED) is 0.0729. The minimum atomic E-state index is -1.80. The average molecular weight is 693 g/mol. The third kappa shape index (κ3) is 12.8. The van der Waals surface area contributed by atoms with Crippen LogP contribution in [-0.4, -0.2) is 69.8 Å². The van der Waals surface area contributed by atoms with Gasteiger partial charge >= 0.3 is 0 Å². The lowest BCUT2D eigenvalue weighted by Crippen LogP contribution is -2.44. The molecule has 9 heteroatoms. The van der Waals surface area contributed by atoms with Crippen molar-refractivity contribution in [3.63, 3.8) is 0 Å². The third-order valence-electron chi connectivity index (χ3n) is 9.30. The summed E-state index contributed by atoms with van der Waals surface area (Å²) in [4.78, 5) is 0. The van der Waals surface area contributed by atoms with Gasteiger partial charge in [-0.15, -0.1) is 23.5 Å². The molecule has 0 bridgehead atoms. The second-order valence-electron chi connectivity index (χ2n) is 13.7. The molecule has 1 aliphatic rings. The number of benzene rings is 2. The van der Waals surface area contributed by atoms with Crippen molar-refractivity contribution in [1.82, 2.24) is 0 Å². The van der Waals surface area contributed by atoms with Crippen molar-refractivity contribution in [3.8, 4) is 5.75 Å². The van der Waals surface area contributed by atoms with Crippen molar-refractivity contribution in [2.24, 2.45) is 5.92 Å². The van der Waals surface area contributed by atoms with Crippen molar-refractivity contribution in [2.75, 3.05) is 45.2 Å². The summed E-state index contributed by atoms with van der Waals surface area (Å²) in [5, 5.41) is 0.208. The zero-order valence-electron chi connectivity index (χ0n) is 29.7. The van der Waals surface area contributed by atoms with Crippen LogP contribution in [0.25, 0.3) is 0 Å². The lowest BCUT2D eigenvalue weighted by Gasteiger charge is -2.45. The molecule has 1 aliphatic heterocycles. The number of methoxy groups -OCH3 is 1. The maximum atomic E-state index is 6.84. The molecule has 260 valence electrons. The van der Waals surface area contributed by atoms with Crippen LogP contribution in [0.3, 0.4) is 0 Å². The molecule has 0 N–H and O–H groups in total. The molecule has 0 spiro atoms. The fourth-order valence-corrected chi connectivity index (χ4v) is 9.90. The van der Waals surface area contributed by atoms with Crippen molar-refractivity contribution in [3.05, 3.63) is 65.7 Å². The predicted octanol–water partition coefficient (Wildman–Crippen LogP) is 9.57. The van der Waals surface area contributed by atoms with Crippen LogP contribution in [0, 0.1) is 5.92 Å². The lowest BCUT2D eigenvalue weighted by atomic mass is 9.95. The summed E-state index contributed by atoms with van der Waals surface area (Å²) in [5.41, 5.74) is 2.28. The van der Waals surface area contributed by atoms with Gasteiger partial charge in [0.15, 0.2) is 8.32 Å². The van der Waals surface area contributed by atoms with E-state index < -0.39 is 8.32 Å². The highest BCUT2D eigenvalue weighted by atomic mass is 32.2. The Labute approximate surface area is 289 Å². The summed E-state index contributed by atoms with van der Waals surface area (Å²) >= 11 is 4.23. The first-order valence-corrected chi connectivity index (χ1v) is 21.8. The number of rotatable bonds is 21. The van der Waals surface area contributed by atoms with Crippen molar-refractivity contribution in [1.29, 1.82) is 0 Å². The molecule has 1 saturated heterocycles. The van der Waals surface area contributed by atoms with Crippen LogP contribution >= 0.6 is 23.5 Å². The largest absolute Gasteiger partial charge is 0.497 e. The van der Waals surface area contributed by atoms with Crippen LogP contribution < -0.4 is 4.74 Å². The number of hydrogen-bond donors (Lipinski definition) is 0. The molecule has 6 nitrogen and oxygen atoms in total. The summed E-state index contributed by atoms with van der Waals surface area (Å²) < 4.78 is 37.2. The maximum absolute atomic E-state index is 6.84. The molecule has 3 atom stereocenters. The highest BCUT2D eigenvalue weighted by molar-refractivity contribution is 8.18. The molecule has 2 aromatic rings. The van der Waals surface area contributed by atoms with E-state index in [0.717, 1.165) is 37.2 Å². The molecule has 2 aromatic carbocycles. The van der Waals surface area contributed by atoms with E-state index in [1.165, 1.54) is 23.5 Å². The molecule has 0 saturated carbocycles. The van der Waals surface area contributed by atoms with E-state index in [4.69, 9.17) is 28.1 Å². The van der Waals surface area contributed by atoms with Gasteiger partial charge < -0.3 is 28.1 Å². The first-order valence-electron chi connectivity index (χ1n) is 17.0. The van der Waals surface area contributed by atoms with Gasteiger partial charge in [-0.05, 0) is 85.0 Å². The van der Waals surface area contributed by atoms with E-state index in [0.29, 0.717) is 32.3 Å². The average Bonchev–Trinajstić information content (AvgIpc) is 3.05. The van der Waals surface area contributed by atoms with E-state index >= 15 is 0 Å². The minimum absolute atomic E-state index is 0.0214. The standard InChI is InChI=1S/C37H60O6S2Si/c1-9-39-29-42-34(21-22-40-27-32-16-18-33(38-6)19-17-32)35(41-28-31-14-11-10-12-15-31)26-37(44-24-13-25-45-37)30(2)20-23-43-46(7,8)36(3,4)5/h10-12,14-19,30,34-35H,9,13,20-29H2,1-8H3/t30-,34-,35-/m0/s1. The zero-order valence-corrected chi connectivity index (χ0v) is 32.3. The van der Waals surface area contributed by atoms with Gasteiger partial charge in [0.2, 0.25) is 0 Å². The van der Waals surface area contributed by atoms with Crippen LogP contribution in [0.4, 0.5) is 0 Å². The molecule has 46 heavy (non-hydrogen) atoms. The third-order valence-corrected chi connectivity index (χ3v) is 17.6. The Balaban J connectivity index is 1.77. The Morgan fingerprint density at radius 2 is 1.50 bits per heavy atom. The molecule has 0 amide bonds. The minimum Gasteiger partial charge on any atom is -0.497 e. The number of hydrogen-bond acceptors (Lipinski definition) is 8. The van der Waals surface area contributed by atoms with Crippen molar-refractivity contribution < 1.29 is 28.1 Å². The fraction of sp³-hybridized carbons (Fsp3) is 0.676. The summed E-state index contributed by atoms with van der Waals surface area (Å²) in [6.07, 6.45) is 3.60. The molecule has 3 rings (SSSR count). The summed E-state index contributed by atoms with van der Waals surface area (Å²) in [7, 11) is -0.122. The lowest BCUT2D eigenvalue weighted by molar-refractivity contribution is -0.148. The summed E-state index contributed by atoms with van der Waals surface area (Å²) in [5.74, 6) is 3.64. The highest BCUT2D eigenvalue weighted by Crippen LogP contribution is 2.52. The molecule has 1 heterocycles. The van der Waals surface area contributed by atoms with Gasteiger partial charge in [0.1, 0.15) is 12.5 Å². The molecule has 0 unspecified atom stereocenters. The predicted molar refractivity (Wildman–Crippen MR) is 197 cm³/mol. The number of thioether (sulfide) groups is 2. The van der Waals surface area contributed by atoms with Crippen LogP contribution in [-0.2, 0) is 36.6 Å². The van der Waals surface area contributed by atoms with E-state index in [1.54, 1.807) is 7.11 Å². The summed E-state index contributed by atoms with van der Waals surface area (Å²) in [6.45, 7) is 19.4. The smallest absolute Gasteiger partial charge is 0.191 e. The van der Waals surface area contributed by atoms with Gasteiger partial charge in [-0.25, -0.2) is 0 Å². The Morgan fingerprint density at radius 3 is 2.13 bits per heavy atom. The van der Waals surface area contributed by atoms with Gasteiger partial charge in [0.25, 0.3) is 0 Å². The van der Waals surface area contributed by atoms with Gasteiger partial charge in [0.05, 0.1) is 36.6 Å². The van der Waals surface area contributed by atoms with Crippen LogP contribution in [0.2, 0.25) is 18.1 Å². The van der Waals surface area contributed by atoms with Crippen LogP contribution in [0.5, 0.6) is 5.75 Å². The highest BCUT2D eigenvalue weighted by Gasteiger charge is 2.44. The van der Waals surface area contributed by atoms with Gasteiger partial charge in [-0.1, -0.05) is 70.2 Å². The SMILES string of the molecule is CCOCO[C@@H](CCOCc1ccc(OC)cc1)[C@H](CC1([C@@H](C)CCO[Si](C)(C)C(C)(C)C)SCCCS1)OCc1ccccc1. The Hall–Kier alpha value is -1.04. The zero-order chi connectivity index (χ0) is 33.5. The molecule has 1 fully saturated rings. The van der Waals surface area contributed by atoms with E-state index in [-0.39, 0.29) is 28.1 Å². The van der Waals surface area contributed by atoms with Gasteiger partial charge in [-0.3, -0.25) is 0 Å². The monoisotopic (exact) mass is 692 g/mol. The fourth-order valence-electron chi connectivity index (χ4n) is 5.18. The van der Waals surface area contributed by atoms with Crippen molar-refractivity contribution in [2.45, 2.75) is 108 Å². The summed E-state index contributed by atoms with van der Waals surface area (Å²) in [6, 6.07) is 18.5. The normalized spacial score (nSPS) is 17.4. The topological polar surface area (TPSA) is 55.4 Å². The Kier molecular flexibility index (Phi) is 17.0. The molecular formula is C37H60O6S2Si. The molecule has 0 radical (unpaired) electrons. The van der Waals surface area contributed by atoms with E-state index in [1.807, 2.05) is 37.3 Å². The van der Waals surface area contributed by atoms with Gasteiger partial charge in [0, 0.05) is 26.2 Å². The Bertz CT molecular complexity index is 1090. The first-order chi connectivity index (χ1) is 22.0. The van der Waals surface area contributed by atoms with E-state index in [2.05, 4.69) is 88.6 Å². The molecular weight excluding hydrogens is 633 g/mol. The first kappa shape index (κ1) is 39.4. The van der Waals surface area contributed by atoms with Gasteiger partial charge in [-0.2, -0.15) is 0 Å².